The summed E-state index contributed by atoms with van der Waals surface area (Å²) in [6, 6.07) is 12.8. The Kier molecular flexibility index (Phi) is 3.97. The zero-order chi connectivity index (χ0) is 14.5. The largest absolute Gasteiger partial charge is 0.486 e. The fraction of sp³-hybridized carbons (Fsp3) is 0.0667. The van der Waals surface area contributed by atoms with Crippen LogP contribution in [0.4, 0.5) is 5.13 Å². The number of ether oxygens (including phenoxy) is 1. The molecule has 0 aliphatic heterocycles. The first-order chi connectivity index (χ1) is 10.3. The summed E-state index contributed by atoms with van der Waals surface area (Å²) in [5, 5.41) is 4.99. The van der Waals surface area contributed by atoms with Crippen LogP contribution in [0.2, 0.25) is 0 Å². The van der Waals surface area contributed by atoms with E-state index in [1.807, 2.05) is 30.3 Å². The van der Waals surface area contributed by atoms with E-state index in [4.69, 9.17) is 9.15 Å². The van der Waals surface area contributed by atoms with E-state index >= 15 is 0 Å². The van der Waals surface area contributed by atoms with E-state index in [2.05, 4.69) is 10.3 Å². The minimum atomic E-state index is -0.323. The summed E-state index contributed by atoms with van der Waals surface area (Å²) < 4.78 is 11.0. The fourth-order valence-electron chi connectivity index (χ4n) is 1.69. The molecule has 6 heteroatoms. The van der Waals surface area contributed by atoms with Gasteiger partial charge in [0.15, 0.2) is 10.9 Å². The lowest BCUT2D eigenvalue weighted by atomic mass is 10.3. The molecule has 2 aromatic heterocycles. The first-order valence-electron chi connectivity index (χ1n) is 6.29. The van der Waals surface area contributed by atoms with Gasteiger partial charge in [0.1, 0.15) is 18.1 Å². The Morgan fingerprint density at radius 3 is 2.86 bits per heavy atom. The summed E-state index contributed by atoms with van der Waals surface area (Å²) in [5.41, 5.74) is 0. The maximum atomic E-state index is 11.9. The van der Waals surface area contributed by atoms with Gasteiger partial charge in [0.05, 0.1) is 0 Å². The number of furan rings is 1. The number of rotatable bonds is 5. The molecule has 21 heavy (non-hydrogen) atoms. The minimum absolute atomic E-state index is 0.233. The van der Waals surface area contributed by atoms with Crippen molar-refractivity contribution in [3.05, 3.63) is 65.6 Å². The normalized spacial score (nSPS) is 10.3. The Morgan fingerprint density at radius 2 is 2.10 bits per heavy atom. The van der Waals surface area contributed by atoms with E-state index in [1.165, 1.54) is 11.3 Å². The number of hydrogen-bond acceptors (Lipinski definition) is 5. The van der Waals surface area contributed by atoms with Gasteiger partial charge in [-0.1, -0.05) is 18.2 Å². The number of hydrogen-bond donors (Lipinski definition) is 1. The van der Waals surface area contributed by atoms with Gasteiger partial charge in [0, 0.05) is 11.6 Å². The highest BCUT2D eigenvalue weighted by molar-refractivity contribution is 7.13. The average molecular weight is 300 g/mol. The van der Waals surface area contributed by atoms with Crippen LogP contribution in [0.25, 0.3) is 0 Å². The molecule has 2 heterocycles. The standard InChI is InChI=1S/C15H12N2O3S/c18-14(17-15-16-8-9-21-15)13-7-6-12(20-13)10-19-11-4-2-1-3-5-11/h1-9H,10H2,(H,16,17,18). The second-order valence-electron chi connectivity index (χ2n) is 4.16. The molecule has 0 fully saturated rings. The van der Waals surface area contributed by atoms with Gasteiger partial charge >= 0.3 is 0 Å². The third kappa shape index (κ3) is 3.49. The van der Waals surface area contributed by atoms with Crippen LogP contribution in [0, 0.1) is 0 Å². The SMILES string of the molecule is O=C(Nc1nccs1)c1ccc(COc2ccccc2)o1. The Balaban J connectivity index is 1.59. The number of carbonyl (C=O) groups excluding carboxylic acids is 1. The maximum absolute atomic E-state index is 11.9. The van der Waals surface area contributed by atoms with Gasteiger partial charge in [-0.2, -0.15) is 0 Å². The molecule has 5 nitrogen and oxygen atoms in total. The monoisotopic (exact) mass is 300 g/mol. The van der Waals surface area contributed by atoms with E-state index in [0.29, 0.717) is 10.9 Å². The average Bonchev–Trinajstić information content (AvgIpc) is 3.17. The van der Waals surface area contributed by atoms with Crippen molar-refractivity contribution in [3.63, 3.8) is 0 Å². The summed E-state index contributed by atoms with van der Waals surface area (Å²) >= 11 is 1.35. The first-order valence-corrected chi connectivity index (χ1v) is 7.16. The van der Waals surface area contributed by atoms with Gasteiger partial charge in [0.2, 0.25) is 0 Å². The maximum Gasteiger partial charge on any atom is 0.293 e. The van der Waals surface area contributed by atoms with Gasteiger partial charge in [-0.25, -0.2) is 4.98 Å². The number of aromatic nitrogens is 1. The molecule has 3 rings (SSSR count). The van der Waals surface area contributed by atoms with Crippen molar-refractivity contribution in [1.82, 2.24) is 4.98 Å². The van der Waals surface area contributed by atoms with E-state index in [-0.39, 0.29) is 18.3 Å². The van der Waals surface area contributed by atoms with Crippen molar-refractivity contribution in [3.8, 4) is 5.75 Å². The number of amides is 1. The van der Waals surface area contributed by atoms with Gasteiger partial charge in [0.25, 0.3) is 5.91 Å². The second kappa shape index (κ2) is 6.23. The van der Waals surface area contributed by atoms with Crippen molar-refractivity contribution in [2.75, 3.05) is 5.32 Å². The van der Waals surface area contributed by atoms with Crippen LogP contribution < -0.4 is 10.1 Å². The molecule has 0 aliphatic rings. The quantitative estimate of drug-likeness (QED) is 0.782. The summed E-state index contributed by atoms with van der Waals surface area (Å²) in [5.74, 6) is 1.25. The van der Waals surface area contributed by atoms with Crippen molar-refractivity contribution in [1.29, 1.82) is 0 Å². The van der Waals surface area contributed by atoms with Crippen LogP contribution in [-0.2, 0) is 6.61 Å². The molecule has 1 amide bonds. The number of nitrogens with zero attached hydrogens (tertiary/aromatic N) is 1. The van der Waals surface area contributed by atoms with Gasteiger partial charge in [-0.3, -0.25) is 10.1 Å². The van der Waals surface area contributed by atoms with Crippen LogP contribution >= 0.6 is 11.3 Å². The molecule has 0 bridgehead atoms. The lowest BCUT2D eigenvalue weighted by molar-refractivity contribution is 0.0992. The highest BCUT2D eigenvalue weighted by Crippen LogP contribution is 2.16. The van der Waals surface area contributed by atoms with E-state index < -0.39 is 0 Å². The molecule has 0 spiro atoms. The third-order valence-corrected chi connectivity index (χ3v) is 3.35. The Bertz CT molecular complexity index is 708. The second-order valence-corrected chi connectivity index (χ2v) is 5.05. The van der Waals surface area contributed by atoms with Crippen LogP contribution in [0.15, 0.2) is 58.5 Å². The smallest absolute Gasteiger partial charge is 0.293 e. The number of thiazole rings is 1. The Labute approximate surface area is 125 Å². The lowest BCUT2D eigenvalue weighted by Gasteiger charge is -2.03. The molecule has 0 aliphatic carbocycles. The number of benzene rings is 1. The highest BCUT2D eigenvalue weighted by atomic mass is 32.1. The van der Waals surface area contributed by atoms with Gasteiger partial charge in [-0.15, -0.1) is 11.3 Å². The minimum Gasteiger partial charge on any atom is -0.486 e. The molecule has 0 atom stereocenters. The summed E-state index contributed by atoms with van der Waals surface area (Å²) in [6.45, 7) is 0.272. The number of nitrogens with one attached hydrogen (secondary N) is 1. The summed E-state index contributed by atoms with van der Waals surface area (Å²) in [7, 11) is 0. The molecule has 1 aromatic carbocycles. The zero-order valence-corrected chi connectivity index (χ0v) is 11.8. The Morgan fingerprint density at radius 1 is 1.24 bits per heavy atom. The van der Waals surface area contributed by atoms with Crippen LogP contribution in [0.1, 0.15) is 16.3 Å². The summed E-state index contributed by atoms with van der Waals surface area (Å²) in [4.78, 5) is 15.9. The Hall–Kier alpha value is -2.60. The molecule has 106 valence electrons. The number of para-hydroxylation sites is 1. The lowest BCUT2D eigenvalue weighted by Crippen LogP contribution is -2.10. The first kappa shape index (κ1) is 13.4. The van der Waals surface area contributed by atoms with Crippen molar-refractivity contribution in [2.24, 2.45) is 0 Å². The molecule has 0 saturated heterocycles. The van der Waals surface area contributed by atoms with Crippen molar-refractivity contribution in [2.45, 2.75) is 6.61 Å². The molecule has 1 N–H and O–H groups in total. The molecular weight excluding hydrogens is 288 g/mol. The van der Waals surface area contributed by atoms with E-state index in [1.54, 1.807) is 23.7 Å². The van der Waals surface area contributed by atoms with Crippen molar-refractivity contribution >= 4 is 22.4 Å². The number of anilines is 1. The van der Waals surface area contributed by atoms with Crippen LogP contribution in [-0.4, -0.2) is 10.9 Å². The van der Waals surface area contributed by atoms with Crippen LogP contribution in [0.5, 0.6) is 5.75 Å². The molecule has 0 unspecified atom stereocenters. The molecule has 0 saturated carbocycles. The van der Waals surface area contributed by atoms with Crippen LogP contribution in [0.3, 0.4) is 0 Å². The predicted molar refractivity (Wildman–Crippen MR) is 79.5 cm³/mol. The topological polar surface area (TPSA) is 64.4 Å². The van der Waals surface area contributed by atoms with Gasteiger partial charge in [-0.05, 0) is 24.3 Å². The van der Waals surface area contributed by atoms with Gasteiger partial charge < -0.3 is 9.15 Å². The summed E-state index contributed by atoms with van der Waals surface area (Å²) in [6.07, 6.45) is 1.63. The van der Waals surface area contributed by atoms with Crippen molar-refractivity contribution < 1.29 is 13.9 Å². The molecular formula is C15H12N2O3S. The van der Waals surface area contributed by atoms with E-state index in [0.717, 1.165) is 5.75 Å². The predicted octanol–water partition coefficient (Wildman–Crippen LogP) is 3.57. The fourth-order valence-corrected chi connectivity index (χ4v) is 2.22. The zero-order valence-electron chi connectivity index (χ0n) is 11.0. The third-order valence-electron chi connectivity index (χ3n) is 2.66. The molecule has 3 aromatic rings. The highest BCUT2D eigenvalue weighted by Gasteiger charge is 2.12. The van der Waals surface area contributed by atoms with E-state index in [9.17, 15) is 4.79 Å². The molecule has 0 radical (unpaired) electrons. The number of carbonyl (C=O) groups is 1.